The summed E-state index contributed by atoms with van der Waals surface area (Å²) < 4.78 is 1.48. The van der Waals surface area contributed by atoms with Gasteiger partial charge in [0.15, 0.2) is 0 Å². The van der Waals surface area contributed by atoms with Crippen LogP contribution in [0.3, 0.4) is 0 Å². The molecule has 0 fully saturated rings. The lowest BCUT2D eigenvalue weighted by Gasteiger charge is -2.03. The molecule has 6 heteroatoms. The smallest absolute Gasteiger partial charge is 0.248 e. The van der Waals surface area contributed by atoms with Gasteiger partial charge in [0.05, 0.1) is 11.7 Å². The zero-order valence-electron chi connectivity index (χ0n) is 9.82. The van der Waals surface area contributed by atoms with Gasteiger partial charge in [0.25, 0.3) is 0 Å². The highest BCUT2D eigenvalue weighted by Crippen LogP contribution is 2.28. The Morgan fingerprint density at radius 2 is 2.11 bits per heavy atom. The topological polar surface area (TPSA) is 93.5 Å². The summed E-state index contributed by atoms with van der Waals surface area (Å²) in [6.45, 7) is 0. The van der Waals surface area contributed by atoms with Gasteiger partial charge < -0.3 is 10.8 Å². The highest BCUT2D eigenvalue weighted by atomic mass is 16.3. The van der Waals surface area contributed by atoms with E-state index in [1.807, 2.05) is 6.07 Å². The number of hydrogen-bond acceptors (Lipinski definition) is 4. The number of phenols is 1. The van der Waals surface area contributed by atoms with Crippen LogP contribution in [-0.2, 0) is 0 Å². The number of fused-ring (bicyclic) bond motifs is 1. The number of benzene rings is 1. The lowest BCUT2D eigenvalue weighted by molar-refractivity contribution is 0.1000. The number of carbonyl (C=O) groups is 1. The molecule has 94 valence electrons. The van der Waals surface area contributed by atoms with Crippen LogP contribution in [-0.4, -0.2) is 25.8 Å². The first-order valence-electron chi connectivity index (χ1n) is 5.58. The van der Waals surface area contributed by atoms with Crippen molar-refractivity contribution in [1.29, 1.82) is 0 Å². The predicted molar refractivity (Wildman–Crippen MR) is 68.6 cm³/mol. The molecule has 3 rings (SSSR count). The van der Waals surface area contributed by atoms with Gasteiger partial charge in [0, 0.05) is 17.3 Å². The van der Waals surface area contributed by atoms with Crippen LogP contribution in [0.4, 0.5) is 0 Å². The van der Waals surface area contributed by atoms with Gasteiger partial charge in [0.1, 0.15) is 5.75 Å². The van der Waals surface area contributed by atoms with Crippen LogP contribution in [0.5, 0.6) is 5.75 Å². The first kappa shape index (κ1) is 11.2. The lowest BCUT2D eigenvalue weighted by Crippen LogP contribution is -2.10. The number of phenolic OH excluding ortho intramolecular Hbond substituents is 1. The van der Waals surface area contributed by atoms with Gasteiger partial charge in [-0.15, -0.1) is 0 Å². The predicted octanol–water partition coefficient (Wildman–Crippen LogP) is 1.20. The number of amides is 1. The van der Waals surface area contributed by atoms with Crippen LogP contribution in [0.25, 0.3) is 16.6 Å². The van der Waals surface area contributed by atoms with Crippen molar-refractivity contribution in [2.75, 3.05) is 0 Å². The van der Waals surface area contributed by atoms with E-state index in [1.54, 1.807) is 30.6 Å². The number of hydrogen-bond donors (Lipinski definition) is 2. The van der Waals surface area contributed by atoms with Crippen molar-refractivity contribution in [2.24, 2.45) is 5.73 Å². The second-order valence-electron chi connectivity index (χ2n) is 4.09. The van der Waals surface area contributed by atoms with E-state index in [2.05, 4.69) is 10.2 Å². The minimum Gasteiger partial charge on any atom is -0.508 e. The molecule has 0 unspecified atom stereocenters. The number of carbonyl (C=O) groups excluding carboxylic acids is 1. The molecule has 19 heavy (non-hydrogen) atoms. The second kappa shape index (κ2) is 4.09. The molecule has 0 aliphatic rings. The third-order valence-electron chi connectivity index (χ3n) is 2.82. The Hall–Kier alpha value is -2.89. The van der Waals surface area contributed by atoms with Crippen LogP contribution in [0.2, 0.25) is 0 Å². The van der Waals surface area contributed by atoms with E-state index in [1.165, 1.54) is 10.7 Å². The third kappa shape index (κ3) is 1.89. The molecule has 2 heterocycles. The zero-order chi connectivity index (χ0) is 13.4. The van der Waals surface area contributed by atoms with Crippen LogP contribution in [0.1, 0.15) is 10.4 Å². The molecule has 0 bridgehead atoms. The Morgan fingerprint density at radius 1 is 1.26 bits per heavy atom. The van der Waals surface area contributed by atoms with Gasteiger partial charge in [-0.3, -0.25) is 4.79 Å². The van der Waals surface area contributed by atoms with E-state index in [4.69, 9.17) is 5.73 Å². The zero-order valence-corrected chi connectivity index (χ0v) is 9.82. The molecular weight excluding hydrogens is 244 g/mol. The maximum absolute atomic E-state index is 11.2. The van der Waals surface area contributed by atoms with Crippen molar-refractivity contribution in [3.63, 3.8) is 0 Å². The SMILES string of the molecule is NC(=O)c1cc(O)cc(-c2cnn3ncccc23)c1. The van der Waals surface area contributed by atoms with Crippen LogP contribution in [0.15, 0.2) is 42.7 Å². The van der Waals surface area contributed by atoms with E-state index in [0.29, 0.717) is 5.56 Å². The Labute approximate surface area is 108 Å². The summed E-state index contributed by atoms with van der Waals surface area (Å²) in [5, 5.41) is 17.8. The maximum atomic E-state index is 11.2. The molecule has 0 aliphatic carbocycles. The summed E-state index contributed by atoms with van der Waals surface area (Å²) in [6.07, 6.45) is 3.25. The fourth-order valence-corrected chi connectivity index (χ4v) is 1.96. The normalized spacial score (nSPS) is 10.7. The average molecular weight is 254 g/mol. The number of nitrogens with zero attached hydrogens (tertiary/aromatic N) is 3. The number of rotatable bonds is 2. The summed E-state index contributed by atoms with van der Waals surface area (Å²) in [7, 11) is 0. The van der Waals surface area contributed by atoms with Gasteiger partial charge in [-0.25, -0.2) is 0 Å². The Kier molecular flexibility index (Phi) is 2.42. The number of aromatic hydroxyl groups is 1. The average Bonchev–Trinajstić information content (AvgIpc) is 2.81. The molecule has 3 N–H and O–H groups in total. The molecule has 0 saturated heterocycles. The third-order valence-corrected chi connectivity index (χ3v) is 2.82. The molecule has 0 atom stereocenters. The van der Waals surface area contributed by atoms with Crippen molar-refractivity contribution in [1.82, 2.24) is 14.8 Å². The van der Waals surface area contributed by atoms with Crippen molar-refractivity contribution in [3.8, 4) is 16.9 Å². The van der Waals surface area contributed by atoms with Crippen molar-refractivity contribution in [3.05, 3.63) is 48.3 Å². The summed E-state index contributed by atoms with van der Waals surface area (Å²) >= 11 is 0. The van der Waals surface area contributed by atoms with Crippen molar-refractivity contribution >= 4 is 11.4 Å². The Bertz CT molecular complexity index is 779. The van der Waals surface area contributed by atoms with Gasteiger partial charge in [-0.1, -0.05) is 0 Å². The molecule has 0 spiro atoms. The highest BCUT2D eigenvalue weighted by Gasteiger charge is 2.11. The molecule has 1 amide bonds. The first-order chi connectivity index (χ1) is 9.15. The minimum absolute atomic E-state index is 0.0189. The fraction of sp³-hybridized carbons (Fsp3) is 0. The number of primary amides is 1. The standard InChI is InChI=1S/C13H10N4O2/c14-13(19)9-4-8(5-10(18)6-9)11-7-16-17-12(11)2-1-3-15-17/h1-7,18H,(H2,14,19). The van der Waals surface area contributed by atoms with E-state index in [0.717, 1.165) is 11.1 Å². The van der Waals surface area contributed by atoms with E-state index in [-0.39, 0.29) is 11.3 Å². The fourth-order valence-electron chi connectivity index (χ4n) is 1.96. The monoisotopic (exact) mass is 254 g/mol. The largest absolute Gasteiger partial charge is 0.508 e. The van der Waals surface area contributed by atoms with Crippen molar-refractivity contribution in [2.45, 2.75) is 0 Å². The maximum Gasteiger partial charge on any atom is 0.248 e. The quantitative estimate of drug-likeness (QED) is 0.718. The van der Waals surface area contributed by atoms with E-state index in [9.17, 15) is 9.90 Å². The van der Waals surface area contributed by atoms with E-state index < -0.39 is 5.91 Å². The van der Waals surface area contributed by atoms with Crippen molar-refractivity contribution < 1.29 is 9.90 Å². The van der Waals surface area contributed by atoms with Gasteiger partial charge in [-0.05, 0) is 35.9 Å². The van der Waals surface area contributed by atoms with Crippen LogP contribution >= 0.6 is 0 Å². The highest BCUT2D eigenvalue weighted by molar-refractivity contribution is 5.95. The van der Waals surface area contributed by atoms with E-state index >= 15 is 0 Å². The molecule has 0 aliphatic heterocycles. The molecular formula is C13H10N4O2. The second-order valence-corrected chi connectivity index (χ2v) is 4.09. The first-order valence-corrected chi connectivity index (χ1v) is 5.58. The lowest BCUT2D eigenvalue weighted by atomic mass is 10.0. The molecule has 1 aromatic carbocycles. The molecule has 6 nitrogen and oxygen atoms in total. The van der Waals surface area contributed by atoms with Gasteiger partial charge >= 0.3 is 0 Å². The molecule has 3 aromatic rings. The molecule has 0 saturated carbocycles. The summed E-state index contributed by atoms with van der Waals surface area (Å²) in [4.78, 5) is 11.2. The summed E-state index contributed by atoms with van der Waals surface area (Å²) in [5.74, 6) is -0.610. The van der Waals surface area contributed by atoms with Crippen LogP contribution < -0.4 is 5.73 Å². The van der Waals surface area contributed by atoms with Gasteiger partial charge in [0.2, 0.25) is 5.91 Å². The number of nitrogens with two attached hydrogens (primary N) is 1. The molecule has 0 radical (unpaired) electrons. The Balaban J connectivity index is 2.24. The number of aromatic nitrogens is 3. The minimum atomic E-state index is -0.591. The summed E-state index contributed by atoms with van der Waals surface area (Å²) in [6, 6.07) is 8.14. The van der Waals surface area contributed by atoms with Crippen LogP contribution in [0, 0.1) is 0 Å². The van der Waals surface area contributed by atoms with Gasteiger partial charge in [-0.2, -0.15) is 14.8 Å². The Morgan fingerprint density at radius 3 is 2.89 bits per heavy atom. The summed E-state index contributed by atoms with van der Waals surface area (Å²) in [5.41, 5.74) is 7.70. The molecule has 2 aromatic heterocycles.